The summed E-state index contributed by atoms with van der Waals surface area (Å²) < 4.78 is 47.0. The van der Waals surface area contributed by atoms with Gasteiger partial charge in [0.05, 0.1) is 12.4 Å². The highest BCUT2D eigenvalue weighted by Crippen LogP contribution is 2.14. The van der Waals surface area contributed by atoms with Crippen LogP contribution in [0.3, 0.4) is 0 Å². The molecule has 0 saturated heterocycles. The number of halogens is 3. The van der Waals surface area contributed by atoms with Gasteiger partial charge in [-0.1, -0.05) is 5.16 Å². The maximum absolute atomic E-state index is 11.8. The summed E-state index contributed by atoms with van der Waals surface area (Å²) in [4.78, 5) is 12.0. The Labute approximate surface area is 111 Å². The average Bonchev–Trinajstić information content (AvgIpc) is 2.34. The van der Waals surface area contributed by atoms with Gasteiger partial charge in [-0.15, -0.1) is 0 Å². The smallest absolute Gasteiger partial charge is 0.425 e. The van der Waals surface area contributed by atoms with Crippen molar-refractivity contribution < 1.29 is 22.6 Å². The lowest BCUT2D eigenvalue weighted by molar-refractivity contribution is -0.173. The molecule has 0 aromatic carbocycles. The molecule has 0 aliphatic rings. The molecule has 106 valence electrons. The largest absolute Gasteiger partial charge is 0.610 e. The van der Waals surface area contributed by atoms with E-state index in [1.165, 1.54) is 6.20 Å². The first-order chi connectivity index (χ1) is 8.83. The second kappa shape index (κ2) is 6.71. The van der Waals surface area contributed by atoms with E-state index in [9.17, 15) is 17.7 Å². The molecular weight excluding hydrogens is 283 g/mol. The monoisotopic (exact) mass is 295 g/mol. The fourth-order valence-electron chi connectivity index (χ4n) is 1.06. The Bertz CT molecular complexity index is 454. The van der Waals surface area contributed by atoms with Gasteiger partial charge in [-0.05, 0) is 13.8 Å². The van der Waals surface area contributed by atoms with E-state index in [0.29, 0.717) is 16.5 Å². The van der Waals surface area contributed by atoms with Crippen molar-refractivity contribution in [1.82, 2.24) is 9.97 Å². The normalized spacial score (nSPS) is 13.8. The third kappa shape index (κ3) is 5.43. The fourth-order valence-corrected chi connectivity index (χ4v) is 1.92. The fraction of sp³-hybridized carbons (Fsp3) is 0.500. The van der Waals surface area contributed by atoms with Crippen LogP contribution in [0.4, 0.5) is 13.2 Å². The van der Waals surface area contributed by atoms with Gasteiger partial charge >= 0.3 is 6.18 Å². The SMILES string of the molecule is CC[S+]([O-])c1nc(/C=N/OCC(F)(F)F)cnc1C. The lowest BCUT2D eigenvalue weighted by atomic mass is 10.4. The van der Waals surface area contributed by atoms with E-state index >= 15 is 0 Å². The number of oxime groups is 1. The van der Waals surface area contributed by atoms with Crippen LogP contribution in [0, 0.1) is 6.92 Å². The van der Waals surface area contributed by atoms with Crippen molar-refractivity contribution in [3.63, 3.8) is 0 Å². The Balaban J connectivity index is 2.72. The first kappa shape index (κ1) is 15.7. The molecule has 5 nitrogen and oxygen atoms in total. The summed E-state index contributed by atoms with van der Waals surface area (Å²) in [6, 6.07) is 0. The second-order valence-electron chi connectivity index (χ2n) is 3.44. The molecule has 0 N–H and O–H groups in total. The maximum atomic E-state index is 11.8. The van der Waals surface area contributed by atoms with Crippen LogP contribution >= 0.6 is 0 Å². The van der Waals surface area contributed by atoms with Crippen molar-refractivity contribution in [3.05, 3.63) is 17.6 Å². The second-order valence-corrected chi connectivity index (χ2v) is 5.10. The number of alkyl halides is 3. The van der Waals surface area contributed by atoms with E-state index < -0.39 is 24.0 Å². The third-order valence-corrected chi connectivity index (χ3v) is 3.24. The molecular formula is C10H12F3N3O2S. The third-order valence-electron chi connectivity index (χ3n) is 1.90. The molecule has 0 aliphatic heterocycles. The summed E-state index contributed by atoms with van der Waals surface area (Å²) in [6.07, 6.45) is -2.13. The van der Waals surface area contributed by atoms with Crippen LogP contribution in [0.5, 0.6) is 0 Å². The summed E-state index contributed by atoms with van der Waals surface area (Å²) in [5.41, 5.74) is 0.693. The van der Waals surface area contributed by atoms with Gasteiger partial charge in [-0.25, -0.2) is 0 Å². The van der Waals surface area contributed by atoms with E-state index in [2.05, 4.69) is 20.0 Å². The minimum Gasteiger partial charge on any atom is -0.610 e. The Kier molecular flexibility index (Phi) is 5.55. The zero-order valence-electron chi connectivity index (χ0n) is 10.3. The maximum Gasteiger partial charge on any atom is 0.425 e. The quantitative estimate of drug-likeness (QED) is 0.472. The Morgan fingerprint density at radius 2 is 2.21 bits per heavy atom. The Morgan fingerprint density at radius 1 is 1.53 bits per heavy atom. The van der Waals surface area contributed by atoms with Gasteiger partial charge < -0.3 is 9.39 Å². The molecule has 19 heavy (non-hydrogen) atoms. The highest BCUT2D eigenvalue weighted by atomic mass is 32.2. The Morgan fingerprint density at radius 3 is 2.79 bits per heavy atom. The van der Waals surface area contributed by atoms with Crippen molar-refractivity contribution >= 4 is 17.4 Å². The highest BCUT2D eigenvalue weighted by Gasteiger charge is 2.28. The molecule has 0 aliphatic carbocycles. The first-order valence-corrected chi connectivity index (χ1v) is 6.59. The molecule has 0 bridgehead atoms. The number of nitrogens with zero attached hydrogens (tertiary/aromatic N) is 3. The van der Waals surface area contributed by atoms with Crippen LogP contribution in [0.25, 0.3) is 0 Å². The molecule has 1 atom stereocenters. The topological polar surface area (TPSA) is 70.4 Å². The number of aromatic nitrogens is 2. The van der Waals surface area contributed by atoms with Crippen LogP contribution in [0.15, 0.2) is 16.4 Å². The van der Waals surface area contributed by atoms with E-state index in [1.807, 2.05) is 0 Å². The first-order valence-electron chi connectivity index (χ1n) is 5.27. The van der Waals surface area contributed by atoms with Crippen LogP contribution in [-0.2, 0) is 16.0 Å². The van der Waals surface area contributed by atoms with Gasteiger partial charge in [0.25, 0.3) is 5.03 Å². The highest BCUT2D eigenvalue weighted by molar-refractivity contribution is 7.91. The zero-order valence-corrected chi connectivity index (χ0v) is 11.1. The number of aryl methyl sites for hydroxylation is 1. The predicted molar refractivity (Wildman–Crippen MR) is 63.3 cm³/mol. The van der Waals surface area contributed by atoms with Gasteiger partial charge in [-0.3, -0.25) is 4.98 Å². The number of hydrogen-bond acceptors (Lipinski definition) is 5. The summed E-state index contributed by atoms with van der Waals surface area (Å²) >= 11 is -1.29. The van der Waals surface area contributed by atoms with Gasteiger partial charge in [0.2, 0.25) is 6.61 Å². The predicted octanol–water partition coefficient (Wildman–Crippen LogP) is 1.83. The standard InChI is InChI=1S/C10H12F3N3O2S/c1-3-19(17)9-7(2)14-4-8(16-9)5-15-18-6-10(11,12)13/h4-5H,3,6H2,1-2H3/b15-5+. The summed E-state index contributed by atoms with van der Waals surface area (Å²) in [5.74, 6) is 0.376. The summed E-state index contributed by atoms with van der Waals surface area (Å²) in [5, 5.41) is 3.43. The molecule has 0 saturated carbocycles. The van der Waals surface area contributed by atoms with Crippen molar-refractivity contribution in [3.8, 4) is 0 Å². The van der Waals surface area contributed by atoms with E-state index in [4.69, 9.17) is 0 Å². The minimum atomic E-state index is -4.44. The van der Waals surface area contributed by atoms with Crippen LogP contribution in [-0.4, -0.2) is 39.3 Å². The molecule has 9 heteroatoms. The van der Waals surface area contributed by atoms with E-state index in [1.54, 1.807) is 13.8 Å². The molecule has 1 heterocycles. The molecule has 0 fully saturated rings. The lowest BCUT2D eigenvalue weighted by Gasteiger charge is -2.08. The van der Waals surface area contributed by atoms with E-state index in [-0.39, 0.29) is 5.69 Å². The van der Waals surface area contributed by atoms with Gasteiger partial charge in [0, 0.05) is 11.2 Å². The van der Waals surface area contributed by atoms with Crippen LogP contribution in [0.2, 0.25) is 0 Å². The van der Waals surface area contributed by atoms with Gasteiger partial charge in [0.15, 0.2) is 0 Å². The van der Waals surface area contributed by atoms with E-state index in [0.717, 1.165) is 6.21 Å². The summed E-state index contributed by atoms with van der Waals surface area (Å²) in [7, 11) is 0. The number of hydrogen-bond donors (Lipinski definition) is 0. The molecule has 1 aromatic heterocycles. The summed E-state index contributed by atoms with van der Waals surface area (Å²) in [6.45, 7) is 1.90. The minimum absolute atomic E-state index is 0.185. The zero-order chi connectivity index (χ0) is 14.5. The van der Waals surface area contributed by atoms with Crippen molar-refractivity contribution in [1.29, 1.82) is 0 Å². The molecule has 0 radical (unpaired) electrons. The van der Waals surface area contributed by atoms with Crippen molar-refractivity contribution in [2.75, 3.05) is 12.4 Å². The average molecular weight is 295 g/mol. The van der Waals surface area contributed by atoms with Crippen molar-refractivity contribution in [2.45, 2.75) is 25.0 Å². The Hall–Kier alpha value is -1.35. The lowest BCUT2D eigenvalue weighted by Crippen LogP contribution is -2.15. The number of rotatable bonds is 5. The van der Waals surface area contributed by atoms with Crippen LogP contribution in [0.1, 0.15) is 18.3 Å². The molecule has 1 aromatic rings. The molecule has 0 amide bonds. The van der Waals surface area contributed by atoms with Gasteiger partial charge in [0.1, 0.15) is 17.1 Å². The van der Waals surface area contributed by atoms with Crippen LogP contribution < -0.4 is 0 Å². The molecule has 1 rings (SSSR count). The molecule has 0 spiro atoms. The van der Waals surface area contributed by atoms with Gasteiger partial charge in [-0.2, -0.15) is 18.2 Å². The molecule has 1 unspecified atom stereocenters. The van der Waals surface area contributed by atoms with Crippen molar-refractivity contribution in [2.24, 2.45) is 5.16 Å².